The molecular formula is C11H16O2. The summed E-state index contributed by atoms with van der Waals surface area (Å²) in [6, 6.07) is 0. The average Bonchev–Trinajstić information content (AvgIpc) is 2.60. The zero-order valence-corrected chi connectivity index (χ0v) is 8.16. The summed E-state index contributed by atoms with van der Waals surface area (Å²) in [4.78, 5) is 0. The van der Waals surface area contributed by atoms with Gasteiger partial charge in [-0.2, -0.15) is 0 Å². The maximum Gasteiger partial charge on any atom is 0.0956 e. The van der Waals surface area contributed by atoms with Crippen LogP contribution in [0.25, 0.3) is 0 Å². The second kappa shape index (κ2) is 2.73. The first-order chi connectivity index (χ1) is 6.08. The Hall–Kier alpha value is -0.520. The van der Waals surface area contributed by atoms with Crippen LogP contribution in [0.1, 0.15) is 26.7 Å². The number of hydrogen-bond acceptors (Lipinski definition) is 2. The minimum Gasteiger partial charge on any atom is -0.387 e. The van der Waals surface area contributed by atoms with Crippen molar-refractivity contribution in [3.63, 3.8) is 0 Å². The molecule has 2 aliphatic rings. The van der Waals surface area contributed by atoms with Crippen molar-refractivity contribution in [2.75, 3.05) is 0 Å². The molecule has 0 aromatic carbocycles. The first-order valence-electron chi connectivity index (χ1n) is 4.92. The highest BCUT2D eigenvalue weighted by molar-refractivity contribution is 5.13. The molecule has 2 fully saturated rings. The lowest BCUT2D eigenvalue weighted by molar-refractivity contribution is -0.0623. The zero-order chi connectivity index (χ0) is 9.64. The number of hydrogen-bond donors (Lipinski definition) is 1. The number of rotatable bonds is 1. The molecule has 0 radical (unpaired) electrons. The lowest BCUT2D eigenvalue weighted by atomic mass is 9.73. The van der Waals surface area contributed by atoms with Crippen LogP contribution in [-0.2, 0) is 4.74 Å². The molecule has 0 aromatic heterocycles. The molecule has 2 rings (SSSR count). The summed E-state index contributed by atoms with van der Waals surface area (Å²) in [5.41, 5.74) is -0.627. The van der Waals surface area contributed by atoms with E-state index < -0.39 is 5.60 Å². The molecule has 4 unspecified atom stereocenters. The SMILES string of the molecule is C#CC1CC2OC1CC2(O)C(C)C. The summed E-state index contributed by atoms with van der Waals surface area (Å²) >= 11 is 0. The number of ether oxygens (including phenoxy) is 1. The molecule has 0 aliphatic carbocycles. The van der Waals surface area contributed by atoms with E-state index in [4.69, 9.17) is 11.2 Å². The monoisotopic (exact) mass is 180 g/mol. The second-order valence-electron chi connectivity index (χ2n) is 4.52. The largest absolute Gasteiger partial charge is 0.387 e. The van der Waals surface area contributed by atoms with Gasteiger partial charge < -0.3 is 9.84 Å². The topological polar surface area (TPSA) is 29.5 Å². The number of aliphatic hydroxyl groups is 1. The van der Waals surface area contributed by atoms with Gasteiger partial charge in [-0.15, -0.1) is 12.3 Å². The van der Waals surface area contributed by atoms with Gasteiger partial charge in [-0.3, -0.25) is 0 Å². The van der Waals surface area contributed by atoms with Gasteiger partial charge in [0.1, 0.15) is 0 Å². The summed E-state index contributed by atoms with van der Waals surface area (Å²) in [6.45, 7) is 4.07. The predicted molar refractivity (Wildman–Crippen MR) is 50.0 cm³/mol. The van der Waals surface area contributed by atoms with Crippen molar-refractivity contribution in [3.8, 4) is 12.3 Å². The fourth-order valence-electron chi connectivity index (χ4n) is 2.49. The summed E-state index contributed by atoms with van der Waals surface area (Å²) < 4.78 is 5.66. The van der Waals surface area contributed by atoms with Gasteiger partial charge in [-0.05, 0) is 12.3 Å². The third-order valence-electron chi connectivity index (χ3n) is 3.56. The molecule has 72 valence electrons. The molecule has 0 spiro atoms. The molecule has 0 aromatic rings. The van der Waals surface area contributed by atoms with E-state index in [1.165, 1.54) is 0 Å². The van der Waals surface area contributed by atoms with Crippen LogP contribution in [0.2, 0.25) is 0 Å². The molecule has 2 heteroatoms. The summed E-state index contributed by atoms with van der Waals surface area (Å²) in [5.74, 6) is 3.21. The minimum atomic E-state index is -0.627. The van der Waals surface area contributed by atoms with E-state index in [9.17, 15) is 5.11 Å². The van der Waals surface area contributed by atoms with Crippen molar-refractivity contribution in [2.45, 2.75) is 44.5 Å². The molecule has 2 bridgehead atoms. The van der Waals surface area contributed by atoms with Crippen LogP contribution in [0.15, 0.2) is 0 Å². The Morgan fingerprint density at radius 1 is 1.62 bits per heavy atom. The van der Waals surface area contributed by atoms with Gasteiger partial charge in [0.05, 0.1) is 17.8 Å². The molecule has 2 aliphatic heterocycles. The Kier molecular flexibility index (Phi) is 1.90. The van der Waals surface area contributed by atoms with Crippen LogP contribution >= 0.6 is 0 Å². The first-order valence-corrected chi connectivity index (χ1v) is 4.92. The van der Waals surface area contributed by atoms with Crippen molar-refractivity contribution in [1.29, 1.82) is 0 Å². The molecule has 2 heterocycles. The Bertz CT molecular complexity index is 253. The van der Waals surface area contributed by atoms with Gasteiger partial charge >= 0.3 is 0 Å². The standard InChI is InChI=1S/C11H16O2/c1-4-8-5-10-11(12,7(2)3)6-9(8)13-10/h1,7-10,12H,5-6H2,2-3H3. The molecular weight excluding hydrogens is 164 g/mol. The van der Waals surface area contributed by atoms with Crippen molar-refractivity contribution in [3.05, 3.63) is 0 Å². The third-order valence-corrected chi connectivity index (χ3v) is 3.56. The molecule has 0 amide bonds. The van der Waals surface area contributed by atoms with Crippen LogP contribution in [-0.4, -0.2) is 22.9 Å². The Labute approximate surface area is 79.3 Å². The number of terminal acetylenes is 1. The zero-order valence-electron chi connectivity index (χ0n) is 8.16. The Morgan fingerprint density at radius 2 is 2.31 bits per heavy atom. The van der Waals surface area contributed by atoms with Gasteiger partial charge in [0, 0.05) is 12.3 Å². The van der Waals surface area contributed by atoms with Crippen LogP contribution in [0.3, 0.4) is 0 Å². The molecule has 13 heavy (non-hydrogen) atoms. The van der Waals surface area contributed by atoms with Crippen molar-refractivity contribution >= 4 is 0 Å². The van der Waals surface area contributed by atoms with Gasteiger partial charge in [0.2, 0.25) is 0 Å². The van der Waals surface area contributed by atoms with Gasteiger partial charge in [-0.1, -0.05) is 13.8 Å². The summed E-state index contributed by atoms with van der Waals surface area (Å²) in [5, 5.41) is 10.3. The van der Waals surface area contributed by atoms with Crippen molar-refractivity contribution in [1.82, 2.24) is 0 Å². The van der Waals surface area contributed by atoms with Gasteiger partial charge in [-0.25, -0.2) is 0 Å². The van der Waals surface area contributed by atoms with E-state index in [1.54, 1.807) is 0 Å². The fraction of sp³-hybridized carbons (Fsp3) is 0.818. The molecule has 2 saturated heterocycles. The van der Waals surface area contributed by atoms with Gasteiger partial charge in [0.25, 0.3) is 0 Å². The normalized spacial score (nSPS) is 48.4. The van der Waals surface area contributed by atoms with E-state index in [-0.39, 0.29) is 24.0 Å². The van der Waals surface area contributed by atoms with Gasteiger partial charge in [0.15, 0.2) is 0 Å². The predicted octanol–water partition coefficient (Wildman–Crippen LogP) is 1.18. The van der Waals surface area contributed by atoms with Crippen LogP contribution in [0, 0.1) is 24.2 Å². The minimum absolute atomic E-state index is 0.0291. The molecule has 2 nitrogen and oxygen atoms in total. The van der Waals surface area contributed by atoms with Crippen molar-refractivity contribution in [2.24, 2.45) is 11.8 Å². The highest BCUT2D eigenvalue weighted by atomic mass is 16.5. The van der Waals surface area contributed by atoms with E-state index >= 15 is 0 Å². The lowest BCUT2D eigenvalue weighted by Crippen LogP contribution is -2.45. The fourth-order valence-corrected chi connectivity index (χ4v) is 2.49. The molecule has 0 saturated carbocycles. The Balaban J connectivity index is 2.16. The van der Waals surface area contributed by atoms with Crippen LogP contribution < -0.4 is 0 Å². The highest BCUT2D eigenvalue weighted by Gasteiger charge is 2.56. The van der Waals surface area contributed by atoms with Crippen LogP contribution in [0.5, 0.6) is 0 Å². The Morgan fingerprint density at radius 3 is 2.69 bits per heavy atom. The van der Waals surface area contributed by atoms with E-state index in [0.717, 1.165) is 6.42 Å². The quantitative estimate of drug-likeness (QED) is 0.614. The van der Waals surface area contributed by atoms with E-state index in [0.29, 0.717) is 6.42 Å². The smallest absolute Gasteiger partial charge is 0.0956 e. The van der Waals surface area contributed by atoms with Crippen molar-refractivity contribution < 1.29 is 9.84 Å². The highest BCUT2D eigenvalue weighted by Crippen LogP contribution is 2.47. The molecule has 4 atom stereocenters. The summed E-state index contributed by atoms with van der Waals surface area (Å²) in [7, 11) is 0. The van der Waals surface area contributed by atoms with Crippen LogP contribution in [0.4, 0.5) is 0 Å². The van der Waals surface area contributed by atoms with E-state index in [1.807, 2.05) is 13.8 Å². The first kappa shape index (κ1) is 9.05. The summed E-state index contributed by atoms with van der Waals surface area (Å²) in [6.07, 6.45) is 6.99. The third kappa shape index (κ3) is 1.11. The number of fused-ring (bicyclic) bond motifs is 2. The maximum absolute atomic E-state index is 10.3. The molecule has 1 N–H and O–H groups in total. The van der Waals surface area contributed by atoms with E-state index in [2.05, 4.69) is 5.92 Å². The lowest BCUT2D eigenvalue weighted by Gasteiger charge is -2.34. The second-order valence-corrected chi connectivity index (χ2v) is 4.52. The average molecular weight is 180 g/mol. The maximum atomic E-state index is 10.3.